The van der Waals surface area contributed by atoms with E-state index in [1.807, 2.05) is 18.2 Å². The van der Waals surface area contributed by atoms with Crippen LogP contribution in [0.2, 0.25) is 10.0 Å². The van der Waals surface area contributed by atoms with Gasteiger partial charge in [0.05, 0.1) is 0 Å². The van der Waals surface area contributed by atoms with Gasteiger partial charge in [-0.1, -0.05) is 30.1 Å². The zero-order chi connectivity index (χ0) is 13.1. The standard InChI is InChI=1S/C14H20Cl2N2/c1-2-11-4-3-7-18(11)14(9-17)12-8-10(15)5-6-13(12)16/h5-6,8,11,14H,2-4,7,9,17H2,1H3. The number of rotatable bonds is 4. The summed E-state index contributed by atoms with van der Waals surface area (Å²) in [6.45, 7) is 3.91. The molecule has 2 N–H and O–H groups in total. The Hall–Kier alpha value is -0.280. The maximum absolute atomic E-state index is 6.30. The molecular weight excluding hydrogens is 267 g/mol. The first kappa shape index (κ1) is 14.1. The minimum Gasteiger partial charge on any atom is -0.329 e. The number of halogens is 2. The maximum atomic E-state index is 6.30. The molecule has 100 valence electrons. The normalized spacial score (nSPS) is 22.3. The molecule has 1 fully saturated rings. The van der Waals surface area contributed by atoms with E-state index in [4.69, 9.17) is 28.9 Å². The summed E-state index contributed by atoms with van der Waals surface area (Å²) in [6.07, 6.45) is 3.66. The van der Waals surface area contributed by atoms with Crippen LogP contribution in [0.15, 0.2) is 18.2 Å². The highest BCUT2D eigenvalue weighted by atomic mass is 35.5. The molecule has 1 aliphatic rings. The second kappa shape index (κ2) is 6.25. The summed E-state index contributed by atoms with van der Waals surface area (Å²) in [5.41, 5.74) is 7.04. The SMILES string of the molecule is CCC1CCCN1C(CN)c1cc(Cl)ccc1Cl. The highest BCUT2D eigenvalue weighted by molar-refractivity contribution is 6.33. The van der Waals surface area contributed by atoms with Crippen LogP contribution in [-0.4, -0.2) is 24.0 Å². The molecule has 0 bridgehead atoms. The van der Waals surface area contributed by atoms with Crippen molar-refractivity contribution in [2.24, 2.45) is 5.73 Å². The van der Waals surface area contributed by atoms with Crippen molar-refractivity contribution in [2.45, 2.75) is 38.3 Å². The lowest BCUT2D eigenvalue weighted by atomic mass is 10.0. The zero-order valence-corrected chi connectivity index (χ0v) is 12.2. The predicted molar refractivity (Wildman–Crippen MR) is 78.3 cm³/mol. The van der Waals surface area contributed by atoms with E-state index in [2.05, 4.69) is 11.8 Å². The van der Waals surface area contributed by atoms with E-state index in [0.717, 1.165) is 28.6 Å². The minimum absolute atomic E-state index is 0.184. The summed E-state index contributed by atoms with van der Waals surface area (Å²) >= 11 is 12.4. The van der Waals surface area contributed by atoms with Crippen LogP contribution in [0.3, 0.4) is 0 Å². The minimum atomic E-state index is 0.184. The molecule has 1 aliphatic heterocycles. The van der Waals surface area contributed by atoms with Gasteiger partial charge in [-0.2, -0.15) is 0 Å². The van der Waals surface area contributed by atoms with E-state index in [-0.39, 0.29) is 6.04 Å². The lowest BCUT2D eigenvalue weighted by Gasteiger charge is -2.32. The zero-order valence-electron chi connectivity index (χ0n) is 10.7. The lowest BCUT2D eigenvalue weighted by molar-refractivity contribution is 0.180. The van der Waals surface area contributed by atoms with Crippen molar-refractivity contribution in [1.29, 1.82) is 0 Å². The molecule has 0 saturated carbocycles. The molecule has 0 amide bonds. The van der Waals surface area contributed by atoms with Crippen LogP contribution >= 0.6 is 23.2 Å². The lowest BCUT2D eigenvalue weighted by Crippen LogP contribution is -2.37. The third-order valence-electron chi connectivity index (χ3n) is 3.83. The summed E-state index contributed by atoms with van der Waals surface area (Å²) in [5, 5.41) is 1.48. The third-order valence-corrected chi connectivity index (χ3v) is 4.41. The fraction of sp³-hybridized carbons (Fsp3) is 0.571. The summed E-state index contributed by atoms with van der Waals surface area (Å²) < 4.78 is 0. The number of nitrogens with two attached hydrogens (primary N) is 1. The molecule has 1 aromatic carbocycles. The van der Waals surface area contributed by atoms with E-state index < -0.39 is 0 Å². The second-order valence-electron chi connectivity index (χ2n) is 4.86. The first-order valence-electron chi connectivity index (χ1n) is 6.58. The van der Waals surface area contributed by atoms with Gasteiger partial charge < -0.3 is 5.73 Å². The fourth-order valence-corrected chi connectivity index (χ4v) is 3.34. The van der Waals surface area contributed by atoms with Crippen molar-refractivity contribution in [1.82, 2.24) is 4.90 Å². The van der Waals surface area contributed by atoms with Gasteiger partial charge in [0.25, 0.3) is 0 Å². The summed E-state index contributed by atoms with van der Waals surface area (Å²) in [7, 11) is 0. The molecule has 2 unspecified atom stereocenters. The van der Waals surface area contributed by atoms with E-state index in [0.29, 0.717) is 12.6 Å². The molecule has 2 atom stereocenters. The van der Waals surface area contributed by atoms with Gasteiger partial charge in [0.15, 0.2) is 0 Å². The molecule has 2 rings (SSSR count). The Morgan fingerprint density at radius 3 is 2.89 bits per heavy atom. The van der Waals surface area contributed by atoms with Gasteiger partial charge >= 0.3 is 0 Å². The van der Waals surface area contributed by atoms with Gasteiger partial charge in [-0.25, -0.2) is 0 Å². The third kappa shape index (κ3) is 2.83. The highest BCUT2D eigenvalue weighted by Crippen LogP contribution is 2.34. The van der Waals surface area contributed by atoms with Crippen LogP contribution in [0.4, 0.5) is 0 Å². The molecule has 0 aromatic heterocycles. The van der Waals surface area contributed by atoms with Gasteiger partial charge in [0.1, 0.15) is 0 Å². The molecule has 2 nitrogen and oxygen atoms in total. The second-order valence-corrected chi connectivity index (χ2v) is 5.70. The Morgan fingerprint density at radius 2 is 2.22 bits per heavy atom. The molecule has 1 heterocycles. The van der Waals surface area contributed by atoms with E-state index >= 15 is 0 Å². The van der Waals surface area contributed by atoms with Gasteiger partial charge in [0.2, 0.25) is 0 Å². The smallest absolute Gasteiger partial charge is 0.0488 e. The Kier molecular flexibility index (Phi) is 4.91. The summed E-state index contributed by atoms with van der Waals surface area (Å²) in [6, 6.07) is 6.44. The Labute approximate surface area is 119 Å². The van der Waals surface area contributed by atoms with Crippen molar-refractivity contribution in [2.75, 3.05) is 13.1 Å². The molecule has 1 saturated heterocycles. The quantitative estimate of drug-likeness (QED) is 0.911. The molecule has 1 aromatic rings. The van der Waals surface area contributed by atoms with E-state index in [1.54, 1.807) is 0 Å². The van der Waals surface area contributed by atoms with E-state index in [1.165, 1.54) is 12.8 Å². The van der Waals surface area contributed by atoms with Gasteiger partial charge in [-0.3, -0.25) is 4.90 Å². The van der Waals surface area contributed by atoms with Gasteiger partial charge in [0, 0.05) is 28.7 Å². The first-order chi connectivity index (χ1) is 8.67. The van der Waals surface area contributed by atoms with Gasteiger partial charge in [-0.15, -0.1) is 0 Å². The van der Waals surface area contributed by atoms with Crippen molar-refractivity contribution in [3.63, 3.8) is 0 Å². The van der Waals surface area contributed by atoms with Crippen LogP contribution in [0, 0.1) is 0 Å². The fourth-order valence-electron chi connectivity index (χ4n) is 2.92. The van der Waals surface area contributed by atoms with Crippen LogP contribution in [0.1, 0.15) is 37.8 Å². The molecule has 4 heteroatoms. The number of likely N-dealkylation sites (tertiary alicyclic amines) is 1. The first-order valence-corrected chi connectivity index (χ1v) is 7.33. The maximum Gasteiger partial charge on any atom is 0.0488 e. The molecule has 0 spiro atoms. The number of hydrogen-bond donors (Lipinski definition) is 1. The van der Waals surface area contributed by atoms with E-state index in [9.17, 15) is 0 Å². The number of hydrogen-bond acceptors (Lipinski definition) is 2. The van der Waals surface area contributed by atoms with Crippen LogP contribution < -0.4 is 5.73 Å². The summed E-state index contributed by atoms with van der Waals surface area (Å²) in [5.74, 6) is 0. The van der Waals surface area contributed by atoms with Crippen molar-refractivity contribution in [3.8, 4) is 0 Å². The van der Waals surface area contributed by atoms with Crippen LogP contribution in [0.25, 0.3) is 0 Å². The highest BCUT2D eigenvalue weighted by Gasteiger charge is 2.30. The van der Waals surface area contributed by atoms with Crippen LogP contribution in [-0.2, 0) is 0 Å². The number of nitrogens with zero attached hydrogens (tertiary/aromatic N) is 1. The average Bonchev–Trinajstić information content (AvgIpc) is 2.83. The monoisotopic (exact) mass is 286 g/mol. The predicted octanol–water partition coefficient (Wildman–Crippen LogP) is 3.87. The van der Waals surface area contributed by atoms with Gasteiger partial charge in [-0.05, 0) is 49.6 Å². The molecular formula is C14H20Cl2N2. The molecule has 0 radical (unpaired) electrons. The Balaban J connectivity index is 2.30. The topological polar surface area (TPSA) is 29.3 Å². The van der Waals surface area contributed by atoms with Crippen molar-refractivity contribution in [3.05, 3.63) is 33.8 Å². The van der Waals surface area contributed by atoms with Crippen molar-refractivity contribution < 1.29 is 0 Å². The van der Waals surface area contributed by atoms with Crippen LogP contribution in [0.5, 0.6) is 0 Å². The Bertz CT molecular complexity index is 409. The summed E-state index contributed by atoms with van der Waals surface area (Å²) in [4.78, 5) is 2.48. The molecule has 0 aliphatic carbocycles. The molecule has 18 heavy (non-hydrogen) atoms. The van der Waals surface area contributed by atoms with Crippen molar-refractivity contribution >= 4 is 23.2 Å². The Morgan fingerprint density at radius 1 is 1.44 bits per heavy atom. The largest absolute Gasteiger partial charge is 0.329 e. The number of benzene rings is 1. The average molecular weight is 287 g/mol.